The highest BCUT2D eigenvalue weighted by atomic mass is 35.5. The Morgan fingerprint density at radius 1 is 1.05 bits per heavy atom. The molecule has 0 aliphatic carbocycles. The van der Waals surface area contributed by atoms with Gasteiger partial charge < -0.3 is 0 Å². The predicted octanol–water partition coefficient (Wildman–Crippen LogP) is 3.01. The van der Waals surface area contributed by atoms with Crippen LogP contribution >= 0.6 is 11.6 Å². The fraction of sp³-hybridized carbons (Fsp3) is 0.0625. The van der Waals surface area contributed by atoms with Crippen LogP contribution in [0.15, 0.2) is 42.5 Å². The van der Waals surface area contributed by atoms with Crippen molar-refractivity contribution in [3.05, 3.63) is 69.7 Å². The summed E-state index contributed by atoms with van der Waals surface area (Å²) in [6.07, 6.45) is 0. The molecule has 0 radical (unpaired) electrons. The smallest absolute Gasteiger partial charge is 0.261 e. The standard InChI is InChI=1S/C16H9ClN2O2/c17-14-7-10(5-6-11(14)8-18)9-19-15(20)12-3-1-2-4-13(12)16(19)21/h1-7H,9H2. The topological polar surface area (TPSA) is 61.2 Å². The number of imide groups is 1. The van der Waals surface area contributed by atoms with E-state index in [2.05, 4.69) is 0 Å². The molecule has 2 amide bonds. The second-order valence-corrected chi connectivity index (χ2v) is 5.08. The van der Waals surface area contributed by atoms with E-state index >= 15 is 0 Å². The Hall–Kier alpha value is -2.64. The maximum absolute atomic E-state index is 12.2. The molecule has 0 spiro atoms. The van der Waals surface area contributed by atoms with E-state index in [0.29, 0.717) is 27.3 Å². The van der Waals surface area contributed by atoms with Crippen LogP contribution in [0.2, 0.25) is 5.02 Å². The van der Waals surface area contributed by atoms with E-state index in [-0.39, 0.29) is 18.4 Å². The Balaban J connectivity index is 1.91. The molecule has 102 valence electrons. The minimum Gasteiger partial charge on any atom is -0.270 e. The first-order valence-corrected chi connectivity index (χ1v) is 6.63. The molecule has 1 aliphatic rings. The molecule has 0 unspecified atom stereocenters. The molecule has 1 heterocycles. The number of hydrogen-bond donors (Lipinski definition) is 0. The van der Waals surface area contributed by atoms with Crippen molar-refractivity contribution >= 4 is 23.4 Å². The van der Waals surface area contributed by atoms with Gasteiger partial charge in [-0.2, -0.15) is 5.26 Å². The highest BCUT2D eigenvalue weighted by Gasteiger charge is 2.34. The zero-order valence-electron chi connectivity index (χ0n) is 10.8. The molecule has 5 heteroatoms. The molecule has 2 aromatic carbocycles. The molecule has 0 atom stereocenters. The van der Waals surface area contributed by atoms with Crippen molar-refractivity contribution in [2.75, 3.05) is 0 Å². The molecule has 0 aromatic heterocycles. The lowest BCUT2D eigenvalue weighted by atomic mass is 10.1. The van der Waals surface area contributed by atoms with Crippen LogP contribution in [0.1, 0.15) is 31.8 Å². The van der Waals surface area contributed by atoms with Gasteiger partial charge in [-0.15, -0.1) is 0 Å². The van der Waals surface area contributed by atoms with Gasteiger partial charge in [-0.25, -0.2) is 0 Å². The Kier molecular flexibility index (Phi) is 3.20. The summed E-state index contributed by atoms with van der Waals surface area (Å²) in [5.41, 5.74) is 1.90. The minimum atomic E-state index is -0.309. The fourth-order valence-electron chi connectivity index (χ4n) is 2.31. The van der Waals surface area contributed by atoms with Crippen molar-refractivity contribution in [2.45, 2.75) is 6.54 Å². The van der Waals surface area contributed by atoms with E-state index in [4.69, 9.17) is 16.9 Å². The van der Waals surface area contributed by atoms with Crippen LogP contribution in [0, 0.1) is 11.3 Å². The first kappa shape index (κ1) is 13.3. The number of halogens is 1. The van der Waals surface area contributed by atoms with Crippen molar-refractivity contribution < 1.29 is 9.59 Å². The third-order valence-corrected chi connectivity index (χ3v) is 3.69. The normalized spacial score (nSPS) is 13.2. The lowest BCUT2D eigenvalue weighted by Gasteiger charge is -2.14. The van der Waals surface area contributed by atoms with E-state index in [0.717, 1.165) is 0 Å². The van der Waals surface area contributed by atoms with Crippen LogP contribution < -0.4 is 0 Å². The van der Waals surface area contributed by atoms with E-state index in [1.807, 2.05) is 6.07 Å². The Labute approximate surface area is 126 Å². The largest absolute Gasteiger partial charge is 0.270 e. The van der Waals surface area contributed by atoms with Crippen LogP contribution in [0.4, 0.5) is 0 Å². The molecule has 21 heavy (non-hydrogen) atoms. The molecule has 0 saturated heterocycles. The lowest BCUT2D eigenvalue weighted by Crippen LogP contribution is -2.29. The number of fused-ring (bicyclic) bond motifs is 1. The molecule has 1 aliphatic heterocycles. The number of carbonyl (C=O) groups is 2. The van der Waals surface area contributed by atoms with E-state index in [9.17, 15) is 9.59 Å². The molecular weight excluding hydrogens is 288 g/mol. The molecule has 0 bridgehead atoms. The maximum Gasteiger partial charge on any atom is 0.261 e. The second-order valence-electron chi connectivity index (χ2n) is 4.67. The third kappa shape index (κ3) is 2.18. The number of carbonyl (C=O) groups excluding carboxylic acids is 2. The Morgan fingerprint density at radius 3 is 2.19 bits per heavy atom. The number of rotatable bonds is 2. The van der Waals surface area contributed by atoms with E-state index in [1.54, 1.807) is 42.5 Å². The summed E-state index contributed by atoms with van der Waals surface area (Å²) < 4.78 is 0. The monoisotopic (exact) mass is 296 g/mol. The SMILES string of the molecule is N#Cc1ccc(CN2C(=O)c3ccccc3C2=O)cc1Cl. The molecule has 0 N–H and O–H groups in total. The van der Waals surface area contributed by atoms with Crippen molar-refractivity contribution in [1.29, 1.82) is 5.26 Å². The summed E-state index contributed by atoms with van der Waals surface area (Å²) in [5, 5.41) is 9.15. The molecule has 0 fully saturated rings. The van der Waals surface area contributed by atoms with Gasteiger partial charge in [0.1, 0.15) is 6.07 Å². The quantitative estimate of drug-likeness (QED) is 0.800. The molecule has 3 rings (SSSR count). The van der Waals surface area contributed by atoms with Gasteiger partial charge in [-0.05, 0) is 29.8 Å². The number of nitriles is 1. The second kappa shape index (κ2) is 5.04. The summed E-state index contributed by atoms with van der Waals surface area (Å²) in [7, 11) is 0. The number of benzene rings is 2. The van der Waals surface area contributed by atoms with Gasteiger partial charge in [0.25, 0.3) is 11.8 Å². The average molecular weight is 297 g/mol. The van der Waals surface area contributed by atoms with Gasteiger partial charge in [-0.3, -0.25) is 14.5 Å². The van der Waals surface area contributed by atoms with Crippen LogP contribution in [0.3, 0.4) is 0 Å². The van der Waals surface area contributed by atoms with Crippen LogP contribution in [-0.2, 0) is 6.54 Å². The summed E-state index contributed by atoms with van der Waals surface area (Å²) in [5.74, 6) is -0.618. The molecule has 4 nitrogen and oxygen atoms in total. The van der Waals surface area contributed by atoms with Gasteiger partial charge in [0, 0.05) is 0 Å². The Morgan fingerprint density at radius 2 is 1.67 bits per heavy atom. The summed E-state index contributed by atoms with van der Waals surface area (Å²) in [6, 6.07) is 13.6. The number of hydrogen-bond acceptors (Lipinski definition) is 3. The van der Waals surface area contributed by atoms with Gasteiger partial charge in [0.05, 0.1) is 28.3 Å². The van der Waals surface area contributed by atoms with Gasteiger partial charge >= 0.3 is 0 Å². The van der Waals surface area contributed by atoms with Gasteiger partial charge in [0.2, 0.25) is 0 Å². The first-order chi connectivity index (χ1) is 10.1. The van der Waals surface area contributed by atoms with E-state index in [1.165, 1.54) is 4.90 Å². The lowest BCUT2D eigenvalue weighted by molar-refractivity contribution is 0.0642. The number of nitrogens with zero attached hydrogens (tertiary/aromatic N) is 2. The molecule has 2 aromatic rings. The van der Waals surface area contributed by atoms with Gasteiger partial charge in [-0.1, -0.05) is 29.8 Å². The molecular formula is C16H9ClN2O2. The van der Waals surface area contributed by atoms with Gasteiger partial charge in [0.15, 0.2) is 0 Å². The highest BCUT2D eigenvalue weighted by molar-refractivity contribution is 6.31. The predicted molar refractivity (Wildman–Crippen MR) is 76.8 cm³/mol. The number of amides is 2. The molecule has 0 saturated carbocycles. The summed E-state index contributed by atoms with van der Waals surface area (Å²) in [6.45, 7) is 0.137. The average Bonchev–Trinajstić information content (AvgIpc) is 2.73. The first-order valence-electron chi connectivity index (χ1n) is 6.25. The zero-order chi connectivity index (χ0) is 15.0. The van der Waals surface area contributed by atoms with Crippen LogP contribution in [-0.4, -0.2) is 16.7 Å². The third-order valence-electron chi connectivity index (χ3n) is 3.37. The fourth-order valence-corrected chi connectivity index (χ4v) is 2.56. The van der Waals surface area contributed by atoms with Crippen molar-refractivity contribution in [1.82, 2.24) is 4.90 Å². The zero-order valence-corrected chi connectivity index (χ0v) is 11.6. The maximum atomic E-state index is 12.2. The summed E-state index contributed by atoms with van der Waals surface area (Å²) in [4.78, 5) is 25.7. The minimum absolute atomic E-state index is 0.137. The highest BCUT2D eigenvalue weighted by Crippen LogP contribution is 2.25. The Bertz CT molecular complexity index is 773. The van der Waals surface area contributed by atoms with Crippen molar-refractivity contribution in [3.8, 4) is 6.07 Å². The van der Waals surface area contributed by atoms with Crippen molar-refractivity contribution in [3.63, 3.8) is 0 Å². The van der Waals surface area contributed by atoms with Crippen molar-refractivity contribution in [2.24, 2.45) is 0 Å². The van der Waals surface area contributed by atoms with E-state index < -0.39 is 0 Å². The summed E-state index contributed by atoms with van der Waals surface area (Å²) >= 11 is 5.97. The van der Waals surface area contributed by atoms with Crippen LogP contribution in [0.5, 0.6) is 0 Å². The van der Waals surface area contributed by atoms with Crippen LogP contribution in [0.25, 0.3) is 0 Å².